The molecule has 188 valence electrons. The zero-order valence-corrected chi connectivity index (χ0v) is 20.5. The van der Waals surface area contributed by atoms with Gasteiger partial charge in [-0.15, -0.1) is 0 Å². The number of aliphatic hydroxyl groups is 1. The first-order valence-corrected chi connectivity index (χ1v) is 12.9. The Morgan fingerprint density at radius 3 is 2.65 bits per heavy atom. The van der Waals surface area contributed by atoms with Crippen LogP contribution in [0.4, 0.5) is 0 Å². The molecule has 1 N–H and O–H groups in total. The van der Waals surface area contributed by atoms with E-state index in [-0.39, 0.29) is 35.0 Å². The molecular weight excluding hydrogens is 434 g/mol. The second-order valence-electron chi connectivity index (χ2n) is 11.0. The van der Waals surface area contributed by atoms with Crippen LogP contribution in [0.1, 0.15) is 46.0 Å². The maximum absolute atomic E-state index is 13.1. The van der Waals surface area contributed by atoms with Crippen molar-refractivity contribution in [2.75, 3.05) is 39.5 Å². The van der Waals surface area contributed by atoms with E-state index < -0.39 is 6.10 Å². The molecule has 1 amide bonds. The molecule has 0 radical (unpaired) electrons. The smallest absolute Gasteiger partial charge is 0.223 e. The number of nitrogens with zero attached hydrogens (tertiary/aromatic N) is 1. The van der Waals surface area contributed by atoms with Gasteiger partial charge in [0.2, 0.25) is 5.91 Å². The van der Waals surface area contributed by atoms with Crippen molar-refractivity contribution in [3.05, 3.63) is 30.3 Å². The van der Waals surface area contributed by atoms with E-state index in [9.17, 15) is 9.90 Å². The molecule has 1 aromatic rings. The molecule has 4 fully saturated rings. The Bertz CT molecular complexity index is 845. The Morgan fingerprint density at radius 1 is 1.12 bits per heavy atom. The highest BCUT2D eigenvalue weighted by molar-refractivity contribution is 5.76. The summed E-state index contributed by atoms with van der Waals surface area (Å²) in [4.78, 5) is 15.0. The van der Waals surface area contributed by atoms with Crippen molar-refractivity contribution in [3.63, 3.8) is 0 Å². The first-order valence-electron chi connectivity index (χ1n) is 12.9. The first kappa shape index (κ1) is 24.0. The van der Waals surface area contributed by atoms with Crippen LogP contribution in [0.5, 0.6) is 5.75 Å². The fourth-order valence-electron chi connectivity index (χ4n) is 7.18. The van der Waals surface area contributed by atoms with Gasteiger partial charge >= 0.3 is 0 Å². The lowest BCUT2D eigenvalue weighted by molar-refractivity contribution is -0.313. The van der Waals surface area contributed by atoms with Gasteiger partial charge < -0.3 is 29.0 Å². The third kappa shape index (κ3) is 4.48. The molecule has 34 heavy (non-hydrogen) atoms. The SMILES string of the molecule is C[C@@]12CO[C@@H](COc3ccccc3)O[C@H]1CC[C@]1(C)[C@H]2CC[C@@H](O)[C@H]1CC(=O)N1CCOCC1. The fourth-order valence-corrected chi connectivity index (χ4v) is 7.18. The Morgan fingerprint density at radius 2 is 1.88 bits per heavy atom. The molecule has 2 saturated heterocycles. The monoisotopic (exact) mass is 473 g/mol. The van der Waals surface area contributed by atoms with Crippen molar-refractivity contribution >= 4 is 5.91 Å². The van der Waals surface area contributed by atoms with Gasteiger partial charge in [0, 0.05) is 24.9 Å². The van der Waals surface area contributed by atoms with Crippen molar-refractivity contribution in [3.8, 4) is 5.75 Å². The largest absolute Gasteiger partial charge is 0.488 e. The minimum absolute atomic E-state index is 0.0430. The van der Waals surface area contributed by atoms with Crippen molar-refractivity contribution in [1.82, 2.24) is 4.90 Å². The molecule has 2 saturated carbocycles. The average molecular weight is 474 g/mol. The molecule has 0 aromatic heterocycles. The summed E-state index contributed by atoms with van der Waals surface area (Å²) in [6, 6.07) is 9.74. The maximum Gasteiger partial charge on any atom is 0.223 e. The highest BCUT2D eigenvalue weighted by atomic mass is 16.7. The minimum atomic E-state index is -0.441. The number of aliphatic hydroxyl groups excluding tert-OH is 1. The summed E-state index contributed by atoms with van der Waals surface area (Å²) in [6.45, 7) is 8.06. The van der Waals surface area contributed by atoms with Gasteiger partial charge in [-0.1, -0.05) is 32.0 Å². The van der Waals surface area contributed by atoms with Gasteiger partial charge in [0.15, 0.2) is 6.29 Å². The third-order valence-electron chi connectivity index (χ3n) is 9.12. The van der Waals surface area contributed by atoms with Crippen LogP contribution in [0.3, 0.4) is 0 Å². The molecule has 7 nitrogen and oxygen atoms in total. The normalized spacial score (nSPS) is 40.2. The molecule has 2 aliphatic carbocycles. The zero-order valence-electron chi connectivity index (χ0n) is 20.5. The number of amides is 1. The van der Waals surface area contributed by atoms with Crippen LogP contribution in [0.25, 0.3) is 0 Å². The van der Waals surface area contributed by atoms with Crippen LogP contribution >= 0.6 is 0 Å². The molecular formula is C27H39NO6. The van der Waals surface area contributed by atoms with Crippen molar-refractivity contribution in [1.29, 1.82) is 0 Å². The van der Waals surface area contributed by atoms with E-state index in [0.29, 0.717) is 51.9 Å². The summed E-state index contributed by atoms with van der Waals surface area (Å²) in [5.41, 5.74) is -0.262. The first-order chi connectivity index (χ1) is 16.4. The number of hydrogen-bond donors (Lipinski definition) is 1. The zero-order chi connectivity index (χ0) is 23.8. The lowest BCUT2D eigenvalue weighted by Gasteiger charge is -2.63. The summed E-state index contributed by atoms with van der Waals surface area (Å²) >= 11 is 0. The van der Waals surface area contributed by atoms with Crippen LogP contribution in [0.2, 0.25) is 0 Å². The molecule has 2 aliphatic heterocycles. The number of hydrogen-bond acceptors (Lipinski definition) is 6. The van der Waals surface area contributed by atoms with Gasteiger partial charge in [0.1, 0.15) is 12.4 Å². The van der Waals surface area contributed by atoms with E-state index in [0.717, 1.165) is 31.4 Å². The van der Waals surface area contributed by atoms with Crippen LogP contribution in [-0.2, 0) is 19.0 Å². The van der Waals surface area contributed by atoms with Crippen LogP contribution < -0.4 is 4.74 Å². The average Bonchev–Trinajstić information content (AvgIpc) is 2.86. The summed E-state index contributed by atoms with van der Waals surface area (Å²) in [5.74, 6) is 1.25. The highest BCUT2D eigenvalue weighted by Gasteiger charge is 2.61. The summed E-state index contributed by atoms with van der Waals surface area (Å²) in [5, 5.41) is 11.0. The van der Waals surface area contributed by atoms with Crippen LogP contribution in [0, 0.1) is 22.7 Å². The van der Waals surface area contributed by atoms with Crippen molar-refractivity contribution < 1.29 is 28.8 Å². The van der Waals surface area contributed by atoms with E-state index in [1.165, 1.54) is 0 Å². The maximum atomic E-state index is 13.1. The predicted molar refractivity (Wildman–Crippen MR) is 126 cm³/mol. The van der Waals surface area contributed by atoms with Crippen molar-refractivity contribution in [2.24, 2.45) is 22.7 Å². The standard InChI is InChI=1S/C27H39NO6/c1-26-11-10-23-27(2,18-33-25(34-23)17-32-19-6-4-3-5-7-19)22(26)9-8-21(29)20(26)16-24(30)28-12-14-31-15-13-28/h3-7,20-23,25,29H,8-18H2,1-2H3/t20-,21-,22-,23+,25-,26+,27+/m1/s1. The molecule has 1 aromatic carbocycles. The van der Waals surface area contributed by atoms with E-state index in [1.807, 2.05) is 35.2 Å². The third-order valence-corrected chi connectivity index (χ3v) is 9.12. The van der Waals surface area contributed by atoms with Gasteiger partial charge in [-0.25, -0.2) is 0 Å². The Hall–Kier alpha value is -1.67. The number of para-hydroxylation sites is 1. The highest BCUT2D eigenvalue weighted by Crippen LogP contribution is 2.62. The number of carbonyl (C=O) groups excluding carboxylic acids is 1. The number of ether oxygens (including phenoxy) is 4. The Balaban J connectivity index is 1.26. The topological polar surface area (TPSA) is 77.5 Å². The molecule has 0 bridgehead atoms. The summed E-state index contributed by atoms with van der Waals surface area (Å²) in [6.07, 6.45) is 3.19. The second kappa shape index (κ2) is 9.76. The number of rotatable bonds is 5. The Labute approximate surface area is 202 Å². The van der Waals surface area contributed by atoms with Gasteiger partial charge in [0.25, 0.3) is 0 Å². The van der Waals surface area contributed by atoms with Gasteiger partial charge in [0.05, 0.1) is 32.0 Å². The lowest BCUT2D eigenvalue weighted by atomic mass is 9.46. The Kier molecular flexibility index (Phi) is 6.90. The van der Waals surface area contributed by atoms with E-state index >= 15 is 0 Å². The summed E-state index contributed by atoms with van der Waals surface area (Å²) in [7, 11) is 0. The molecule has 2 heterocycles. The molecule has 4 aliphatic rings. The van der Waals surface area contributed by atoms with Crippen molar-refractivity contribution in [2.45, 2.75) is 64.4 Å². The van der Waals surface area contributed by atoms with Crippen LogP contribution in [0.15, 0.2) is 30.3 Å². The molecule has 7 atom stereocenters. The van der Waals surface area contributed by atoms with Gasteiger partial charge in [-0.3, -0.25) is 4.79 Å². The van der Waals surface area contributed by atoms with E-state index in [4.69, 9.17) is 18.9 Å². The van der Waals surface area contributed by atoms with Gasteiger partial charge in [-0.2, -0.15) is 0 Å². The van der Waals surface area contributed by atoms with E-state index in [2.05, 4.69) is 13.8 Å². The molecule has 0 unspecified atom stereocenters. The predicted octanol–water partition coefficient (Wildman–Crippen LogP) is 3.25. The molecule has 0 spiro atoms. The summed E-state index contributed by atoms with van der Waals surface area (Å²) < 4.78 is 23.9. The molecule has 7 heteroatoms. The minimum Gasteiger partial charge on any atom is -0.488 e. The number of fused-ring (bicyclic) bond motifs is 3. The second-order valence-corrected chi connectivity index (χ2v) is 11.0. The number of benzene rings is 1. The number of morpholine rings is 1. The lowest BCUT2D eigenvalue weighted by Crippen LogP contribution is -2.63. The van der Waals surface area contributed by atoms with E-state index in [1.54, 1.807) is 0 Å². The molecule has 5 rings (SSSR count). The quantitative estimate of drug-likeness (QED) is 0.708. The van der Waals surface area contributed by atoms with Crippen LogP contribution in [-0.4, -0.2) is 73.9 Å². The fraction of sp³-hybridized carbons (Fsp3) is 0.741. The number of carbonyl (C=O) groups is 1. The van der Waals surface area contributed by atoms with Gasteiger partial charge in [-0.05, 0) is 55.1 Å².